The largest absolute Gasteiger partial charge is 0.481 e. The predicted octanol–water partition coefficient (Wildman–Crippen LogP) is -1.41. The first-order valence-corrected chi connectivity index (χ1v) is 7.61. The number of carbonyl (C=O) groups is 6. The highest BCUT2D eigenvalue weighted by atomic mass is 16.7. The van der Waals surface area contributed by atoms with Crippen molar-refractivity contribution >= 4 is 35.8 Å². The minimum atomic E-state index is -3.00. The summed E-state index contributed by atoms with van der Waals surface area (Å²) in [5.41, 5.74) is -3.00. The first-order valence-electron chi connectivity index (χ1n) is 7.61. The van der Waals surface area contributed by atoms with Crippen molar-refractivity contribution in [2.75, 3.05) is 6.61 Å². The Bertz CT molecular complexity index is 640. The molecule has 0 aliphatic rings. The smallest absolute Gasteiger partial charge is 0.336 e. The molecule has 0 aromatic rings. The van der Waals surface area contributed by atoms with Gasteiger partial charge in [-0.1, -0.05) is 0 Å². The fourth-order valence-corrected chi connectivity index (χ4v) is 1.79. The quantitative estimate of drug-likeness (QED) is 0.205. The summed E-state index contributed by atoms with van der Waals surface area (Å²) in [7, 11) is 0. The number of carboxylic acids is 2. The van der Waals surface area contributed by atoms with Crippen molar-refractivity contribution < 1.29 is 63.0 Å². The summed E-state index contributed by atoms with van der Waals surface area (Å²) in [6.07, 6.45) is -6.22. The minimum Gasteiger partial charge on any atom is -0.481 e. The number of carbonyl (C=O) groups excluding carboxylic acids is 4. The summed E-state index contributed by atoms with van der Waals surface area (Å²) < 4.78 is 18.8. The molecule has 0 aliphatic carbocycles. The van der Waals surface area contributed by atoms with Crippen molar-refractivity contribution in [3.8, 4) is 0 Å². The maximum Gasteiger partial charge on any atom is 0.336 e. The molecular formula is C15H20O13. The van der Waals surface area contributed by atoms with Crippen LogP contribution in [-0.2, 0) is 47.7 Å². The first kappa shape index (κ1) is 24.8. The predicted molar refractivity (Wildman–Crippen MR) is 83.3 cm³/mol. The van der Waals surface area contributed by atoms with E-state index in [1.807, 2.05) is 0 Å². The van der Waals surface area contributed by atoms with Gasteiger partial charge in [0, 0.05) is 20.8 Å². The van der Waals surface area contributed by atoms with E-state index in [1.165, 1.54) is 0 Å². The van der Waals surface area contributed by atoms with Crippen LogP contribution < -0.4 is 0 Å². The monoisotopic (exact) mass is 408 g/mol. The fraction of sp³-hybridized carbons (Fsp3) is 0.600. The SMILES string of the molecule is CC(=O)OCC(OC(C)=O)C(OC(C)=O)OC(=O)CC(O)(CC(=O)O)C(=O)O. The molecule has 0 radical (unpaired) electrons. The van der Waals surface area contributed by atoms with E-state index in [9.17, 15) is 33.9 Å². The summed E-state index contributed by atoms with van der Waals surface area (Å²) in [6, 6.07) is 0. The van der Waals surface area contributed by atoms with Crippen molar-refractivity contribution in [2.45, 2.75) is 51.6 Å². The Morgan fingerprint density at radius 3 is 1.75 bits per heavy atom. The van der Waals surface area contributed by atoms with Gasteiger partial charge in [0.05, 0.1) is 12.8 Å². The molecule has 3 N–H and O–H groups in total. The molecular weight excluding hydrogens is 388 g/mol. The van der Waals surface area contributed by atoms with E-state index in [2.05, 4.69) is 9.47 Å². The second-order valence-corrected chi connectivity index (χ2v) is 5.50. The van der Waals surface area contributed by atoms with Gasteiger partial charge < -0.3 is 34.3 Å². The summed E-state index contributed by atoms with van der Waals surface area (Å²) in [5.74, 6) is -7.92. The van der Waals surface area contributed by atoms with Gasteiger partial charge >= 0.3 is 35.8 Å². The Balaban J connectivity index is 5.45. The Kier molecular flexibility index (Phi) is 9.57. The van der Waals surface area contributed by atoms with Gasteiger partial charge in [-0.3, -0.25) is 24.0 Å². The third-order valence-electron chi connectivity index (χ3n) is 2.88. The maximum absolute atomic E-state index is 12.0. The van der Waals surface area contributed by atoms with Crippen LogP contribution in [0.25, 0.3) is 0 Å². The zero-order valence-corrected chi connectivity index (χ0v) is 15.2. The van der Waals surface area contributed by atoms with Crippen LogP contribution in [0.1, 0.15) is 33.6 Å². The third-order valence-corrected chi connectivity index (χ3v) is 2.88. The topological polar surface area (TPSA) is 200 Å². The zero-order chi connectivity index (χ0) is 22.1. The van der Waals surface area contributed by atoms with Crippen molar-refractivity contribution in [1.29, 1.82) is 0 Å². The summed E-state index contributed by atoms with van der Waals surface area (Å²) >= 11 is 0. The lowest BCUT2D eigenvalue weighted by molar-refractivity contribution is -0.220. The molecule has 0 amide bonds. The van der Waals surface area contributed by atoms with E-state index < -0.39 is 73.3 Å². The number of rotatable bonds is 11. The molecule has 0 fully saturated rings. The molecule has 0 saturated carbocycles. The van der Waals surface area contributed by atoms with Crippen LogP contribution in [0, 0.1) is 0 Å². The van der Waals surface area contributed by atoms with Crippen LogP contribution in [0.4, 0.5) is 0 Å². The Morgan fingerprint density at radius 1 is 0.821 bits per heavy atom. The molecule has 3 unspecified atom stereocenters. The lowest BCUT2D eigenvalue weighted by Crippen LogP contribution is -2.46. The van der Waals surface area contributed by atoms with Gasteiger partial charge in [0.1, 0.15) is 6.61 Å². The van der Waals surface area contributed by atoms with Crippen LogP contribution in [0.5, 0.6) is 0 Å². The molecule has 158 valence electrons. The van der Waals surface area contributed by atoms with Gasteiger partial charge in [0.15, 0.2) is 5.60 Å². The van der Waals surface area contributed by atoms with Gasteiger partial charge in [-0.05, 0) is 0 Å². The maximum atomic E-state index is 12.0. The van der Waals surface area contributed by atoms with Crippen LogP contribution in [0.15, 0.2) is 0 Å². The number of carboxylic acid groups (broad SMARTS) is 2. The molecule has 0 aromatic carbocycles. The van der Waals surface area contributed by atoms with E-state index in [1.54, 1.807) is 0 Å². The Hall–Kier alpha value is -3.22. The fourth-order valence-electron chi connectivity index (χ4n) is 1.79. The summed E-state index contributed by atoms with van der Waals surface area (Å²) in [6.45, 7) is 2.22. The molecule has 0 aliphatic heterocycles. The van der Waals surface area contributed by atoms with Gasteiger partial charge in [0.2, 0.25) is 6.10 Å². The second kappa shape index (κ2) is 10.8. The van der Waals surface area contributed by atoms with Crippen LogP contribution in [0.2, 0.25) is 0 Å². The molecule has 13 nitrogen and oxygen atoms in total. The molecule has 13 heteroatoms. The van der Waals surface area contributed by atoms with Crippen molar-refractivity contribution in [3.05, 3.63) is 0 Å². The summed E-state index contributed by atoms with van der Waals surface area (Å²) in [4.78, 5) is 67.1. The van der Waals surface area contributed by atoms with E-state index in [4.69, 9.17) is 19.7 Å². The van der Waals surface area contributed by atoms with Gasteiger partial charge in [0.25, 0.3) is 6.29 Å². The van der Waals surface area contributed by atoms with Crippen LogP contribution in [-0.4, -0.2) is 75.7 Å². The second-order valence-electron chi connectivity index (χ2n) is 5.50. The molecule has 0 aromatic heterocycles. The Morgan fingerprint density at radius 2 is 1.36 bits per heavy atom. The number of ether oxygens (including phenoxy) is 4. The number of hydrogen-bond donors (Lipinski definition) is 3. The average molecular weight is 408 g/mol. The molecule has 28 heavy (non-hydrogen) atoms. The Labute approximate surface area is 158 Å². The van der Waals surface area contributed by atoms with E-state index in [0.717, 1.165) is 20.8 Å². The minimum absolute atomic E-state index is 0.682. The van der Waals surface area contributed by atoms with Crippen molar-refractivity contribution in [3.63, 3.8) is 0 Å². The molecule has 3 atom stereocenters. The molecule has 0 bridgehead atoms. The highest BCUT2D eigenvalue weighted by molar-refractivity contribution is 5.88. The molecule has 0 rings (SSSR count). The molecule has 0 heterocycles. The van der Waals surface area contributed by atoms with Crippen molar-refractivity contribution in [2.24, 2.45) is 0 Å². The highest BCUT2D eigenvalue weighted by Crippen LogP contribution is 2.19. The number of aliphatic carboxylic acids is 2. The first-order chi connectivity index (χ1) is 12.8. The van der Waals surface area contributed by atoms with Crippen LogP contribution >= 0.6 is 0 Å². The normalized spacial score (nSPS) is 14.6. The lowest BCUT2D eigenvalue weighted by atomic mass is 9.96. The van der Waals surface area contributed by atoms with Crippen LogP contribution in [0.3, 0.4) is 0 Å². The third kappa shape index (κ3) is 9.47. The van der Waals surface area contributed by atoms with Gasteiger partial charge in [-0.2, -0.15) is 0 Å². The summed E-state index contributed by atoms with van der Waals surface area (Å²) in [5, 5.41) is 27.5. The molecule has 0 spiro atoms. The number of esters is 4. The van der Waals surface area contributed by atoms with Crippen molar-refractivity contribution in [1.82, 2.24) is 0 Å². The standard InChI is InChI=1S/C15H20O13/c1-7(16)25-6-10(26-8(2)17)13(27-9(3)18)28-12(21)5-15(24,14(22)23)4-11(19)20/h10,13,24H,4-6H2,1-3H3,(H,19,20)(H,22,23). The van der Waals surface area contributed by atoms with E-state index in [0.29, 0.717) is 0 Å². The zero-order valence-electron chi connectivity index (χ0n) is 15.2. The van der Waals surface area contributed by atoms with E-state index >= 15 is 0 Å². The van der Waals surface area contributed by atoms with Gasteiger partial charge in [-0.25, -0.2) is 4.79 Å². The van der Waals surface area contributed by atoms with E-state index in [-0.39, 0.29) is 0 Å². The van der Waals surface area contributed by atoms with Gasteiger partial charge in [-0.15, -0.1) is 0 Å². The number of aliphatic hydroxyl groups is 1. The average Bonchev–Trinajstić information content (AvgIpc) is 2.48. The number of hydrogen-bond acceptors (Lipinski definition) is 11. The highest BCUT2D eigenvalue weighted by Gasteiger charge is 2.43. The lowest BCUT2D eigenvalue weighted by Gasteiger charge is -2.27. The molecule has 0 saturated heterocycles.